The van der Waals surface area contributed by atoms with E-state index in [1.807, 2.05) is 31.2 Å². The smallest absolute Gasteiger partial charge is 0.407 e. The van der Waals surface area contributed by atoms with E-state index in [0.717, 1.165) is 31.4 Å². The third kappa shape index (κ3) is 3.65. The number of hydrogen-bond donors (Lipinski definition) is 1. The molecule has 7 heteroatoms. The van der Waals surface area contributed by atoms with Gasteiger partial charge >= 0.3 is 6.09 Å². The van der Waals surface area contributed by atoms with Crippen LogP contribution in [-0.2, 0) is 10.3 Å². The van der Waals surface area contributed by atoms with Crippen LogP contribution in [0.5, 0.6) is 0 Å². The Morgan fingerprint density at radius 3 is 2.64 bits per heavy atom. The summed E-state index contributed by atoms with van der Waals surface area (Å²) in [5, 5.41) is 15.4. The molecule has 1 amide bonds. The Hall–Kier alpha value is -2.44. The van der Waals surface area contributed by atoms with Crippen molar-refractivity contribution in [1.29, 1.82) is 0 Å². The van der Waals surface area contributed by atoms with Gasteiger partial charge in [-0.2, -0.15) is 4.68 Å². The van der Waals surface area contributed by atoms with Crippen molar-refractivity contribution in [2.24, 2.45) is 5.92 Å². The zero-order valence-corrected chi connectivity index (χ0v) is 15.0. The van der Waals surface area contributed by atoms with Crippen molar-refractivity contribution in [3.63, 3.8) is 0 Å². The molecule has 0 saturated heterocycles. The minimum atomic E-state index is -0.604. The van der Waals surface area contributed by atoms with Crippen LogP contribution in [0.1, 0.15) is 50.9 Å². The van der Waals surface area contributed by atoms with E-state index in [2.05, 4.69) is 27.8 Å². The van der Waals surface area contributed by atoms with Crippen molar-refractivity contribution in [1.82, 2.24) is 25.5 Å². The van der Waals surface area contributed by atoms with Gasteiger partial charge in [0.15, 0.2) is 5.82 Å². The molecule has 25 heavy (non-hydrogen) atoms. The molecule has 1 saturated carbocycles. The lowest BCUT2D eigenvalue weighted by Gasteiger charge is -2.38. The molecule has 0 radical (unpaired) electrons. The summed E-state index contributed by atoms with van der Waals surface area (Å²) < 4.78 is 6.85. The first-order valence-corrected chi connectivity index (χ1v) is 8.85. The lowest BCUT2D eigenvalue weighted by atomic mass is 9.76. The van der Waals surface area contributed by atoms with Gasteiger partial charge in [-0.25, -0.2) is 4.79 Å². The predicted molar refractivity (Wildman–Crippen MR) is 93.4 cm³/mol. The highest BCUT2D eigenvalue weighted by Crippen LogP contribution is 2.39. The number of rotatable bonds is 4. The van der Waals surface area contributed by atoms with Crippen molar-refractivity contribution in [3.05, 3.63) is 35.7 Å². The predicted octanol–water partition coefficient (Wildman–Crippen LogP) is 3.12. The van der Waals surface area contributed by atoms with E-state index in [1.54, 1.807) is 11.6 Å². The molecule has 1 fully saturated rings. The number of aryl methyl sites for hydroxylation is 1. The van der Waals surface area contributed by atoms with Crippen LogP contribution in [-0.4, -0.2) is 32.9 Å². The van der Waals surface area contributed by atoms with Gasteiger partial charge in [0.2, 0.25) is 0 Å². The number of ether oxygens (including phenoxy) is 1. The van der Waals surface area contributed by atoms with Crippen LogP contribution >= 0.6 is 0 Å². The van der Waals surface area contributed by atoms with Crippen molar-refractivity contribution < 1.29 is 9.53 Å². The molecule has 1 heterocycles. The molecule has 0 unspecified atom stereocenters. The number of tetrazole rings is 1. The summed E-state index contributed by atoms with van der Waals surface area (Å²) >= 11 is 0. The first-order chi connectivity index (χ1) is 12.0. The van der Waals surface area contributed by atoms with Gasteiger partial charge < -0.3 is 10.1 Å². The Balaban J connectivity index is 1.98. The molecule has 2 aromatic rings. The molecule has 0 atom stereocenters. The second-order valence-corrected chi connectivity index (χ2v) is 6.86. The molecule has 0 spiro atoms. The normalized spacial score (nSPS) is 23.2. The largest absolute Gasteiger partial charge is 0.450 e. The Morgan fingerprint density at radius 2 is 2.00 bits per heavy atom. The van der Waals surface area contributed by atoms with E-state index >= 15 is 0 Å². The van der Waals surface area contributed by atoms with Crippen LogP contribution in [0.3, 0.4) is 0 Å². The van der Waals surface area contributed by atoms with E-state index in [4.69, 9.17) is 4.74 Å². The summed E-state index contributed by atoms with van der Waals surface area (Å²) in [6.45, 7) is 6.40. The third-order valence-corrected chi connectivity index (χ3v) is 4.92. The van der Waals surface area contributed by atoms with Crippen LogP contribution in [0.4, 0.5) is 4.79 Å². The molecule has 1 N–H and O–H groups in total. The summed E-state index contributed by atoms with van der Waals surface area (Å²) in [5.74, 6) is 1.29. The van der Waals surface area contributed by atoms with Crippen LogP contribution in [0, 0.1) is 12.8 Å². The molecule has 134 valence electrons. The van der Waals surface area contributed by atoms with Gasteiger partial charge in [0.1, 0.15) is 5.54 Å². The molecule has 1 aliphatic carbocycles. The van der Waals surface area contributed by atoms with E-state index in [-0.39, 0.29) is 0 Å². The number of alkyl carbamates (subject to hydrolysis) is 1. The zero-order chi connectivity index (χ0) is 17.9. The standard InChI is InChI=1S/C18H25N5O2/c1-4-25-17(24)19-18(11-9-14(3)10-12-18)16-20-21-22-23(16)15-7-5-13(2)6-8-15/h5-8,14H,4,9-12H2,1-3H3,(H,19,24). The van der Waals surface area contributed by atoms with E-state index in [0.29, 0.717) is 18.3 Å². The Morgan fingerprint density at radius 1 is 1.32 bits per heavy atom. The highest BCUT2D eigenvalue weighted by Gasteiger charge is 2.42. The molecular formula is C18H25N5O2. The maximum Gasteiger partial charge on any atom is 0.407 e. The van der Waals surface area contributed by atoms with Gasteiger partial charge in [-0.3, -0.25) is 0 Å². The van der Waals surface area contributed by atoms with Crippen molar-refractivity contribution in [3.8, 4) is 5.69 Å². The number of hydrogen-bond acceptors (Lipinski definition) is 5. The number of carbonyl (C=O) groups is 1. The maximum absolute atomic E-state index is 12.2. The second-order valence-electron chi connectivity index (χ2n) is 6.86. The fraction of sp³-hybridized carbons (Fsp3) is 0.556. The number of carbonyl (C=O) groups excluding carboxylic acids is 1. The Labute approximate surface area is 147 Å². The number of aromatic nitrogens is 4. The molecule has 1 aliphatic rings. The van der Waals surface area contributed by atoms with Gasteiger partial charge in [-0.15, -0.1) is 5.10 Å². The van der Waals surface area contributed by atoms with Gasteiger partial charge in [-0.05, 0) is 68.0 Å². The van der Waals surface area contributed by atoms with Crippen LogP contribution in [0.25, 0.3) is 5.69 Å². The lowest BCUT2D eigenvalue weighted by Crippen LogP contribution is -2.50. The number of amides is 1. The fourth-order valence-electron chi connectivity index (χ4n) is 3.37. The Kier molecular flexibility index (Phi) is 5.01. The number of nitrogens with one attached hydrogen (secondary N) is 1. The summed E-state index contributed by atoms with van der Waals surface area (Å²) in [5.41, 5.74) is 1.45. The van der Waals surface area contributed by atoms with Crippen molar-refractivity contribution >= 4 is 6.09 Å². The van der Waals surface area contributed by atoms with Gasteiger partial charge in [0.25, 0.3) is 0 Å². The highest BCUT2D eigenvalue weighted by molar-refractivity contribution is 5.68. The zero-order valence-electron chi connectivity index (χ0n) is 15.0. The Bertz CT molecular complexity index is 717. The molecule has 1 aromatic heterocycles. The molecule has 0 bridgehead atoms. The second kappa shape index (κ2) is 7.21. The molecule has 0 aliphatic heterocycles. The van der Waals surface area contributed by atoms with Crippen LogP contribution in [0.2, 0.25) is 0 Å². The molecular weight excluding hydrogens is 318 g/mol. The average Bonchev–Trinajstić information content (AvgIpc) is 3.08. The van der Waals surface area contributed by atoms with Crippen LogP contribution in [0.15, 0.2) is 24.3 Å². The SMILES string of the molecule is CCOC(=O)NC1(c2nnnn2-c2ccc(C)cc2)CCC(C)CC1. The van der Waals surface area contributed by atoms with E-state index in [1.165, 1.54) is 5.56 Å². The molecule has 3 rings (SSSR count). The first kappa shape index (κ1) is 17.4. The monoisotopic (exact) mass is 343 g/mol. The fourth-order valence-corrected chi connectivity index (χ4v) is 3.37. The van der Waals surface area contributed by atoms with Crippen molar-refractivity contribution in [2.45, 2.75) is 52.0 Å². The summed E-state index contributed by atoms with van der Waals surface area (Å²) in [4.78, 5) is 12.2. The summed E-state index contributed by atoms with van der Waals surface area (Å²) in [6.07, 6.45) is 3.18. The van der Waals surface area contributed by atoms with E-state index in [9.17, 15) is 4.79 Å². The van der Waals surface area contributed by atoms with Crippen LogP contribution < -0.4 is 5.32 Å². The third-order valence-electron chi connectivity index (χ3n) is 4.92. The quantitative estimate of drug-likeness (QED) is 0.922. The van der Waals surface area contributed by atoms with E-state index < -0.39 is 11.6 Å². The lowest BCUT2D eigenvalue weighted by molar-refractivity contribution is 0.117. The minimum absolute atomic E-state index is 0.335. The molecule has 7 nitrogen and oxygen atoms in total. The molecule has 1 aromatic carbocycles. The maximum atomic E-state index is 12.2. The number of nitrogens with zero attached hydrogens (tertiary/aromatic N) is 4. The van der Waals surface area contributed by atoms with Crippen molar-refractivity contribution in [2.75, 3.05) is 6.61 Å². The van der Waals surface area contributed by atoms with Gasteiger partial charge in [-0.1, -0.05) is 24.6 Å². The minimum Gasteiger partial charge on any atom is -0.450 e. The highest BCUT2D eigenvalue weighted by atomic mass is 16.5. The van der Waals surface area contributed by atoms with Gasteiger partial charge in [0.05, 0.1) is 12.3 Å². The van der Waals surface area contributed by atoms with Gasteiger partial charge in [0, 0.05) is 0 Å². The summed E-state index contributed by atoms with van der Waals surface area (Å²) in [6, 6.07) is 8.02. The average molecular weight is 343 g/mol. The topological polar surface area (TPSA) is 81.9 Å². The summed E-state index contributed by atoms with van der Waals surface area (Å²) in [7, 11) is 0. The first-order valence-electron chi connectivity index (χ1n) is 8.85. The number of benzene rings is 1.